The number of likely N-dealkylation sites (tertiary alicyclic amines) is 1. The molecule has 1 saturated heterocycles. The summed E-state index contributed by atoms with van der Waals surface area (Å²) < 4.78 is 10.5. The predicted molar refractivity (Wildman–Crippen MR) is 81.8 cm³/mol. The highest BCUT2D eigenvalue weighted by Crippen LogP contribution is 2.24. The molecule has 21 heavy (non-hydrogen) atoms. The van der Waals surface area contributed by atoms with Crippen molar-refractivity contribution in [1.29, 1.82) is 0 Å². The lowest BCUT2D eigenvalue weighted by Gasteiger charge is -2.30. The summed E-state index contributed by atoms with van der Waals surface area (Å²) >= 11 is 0. The van der Waals surface area contributed by atoms with E-state index < -0.39 is 0 Å². The van der Waals surface area contributed by atoms with Crippen molar-refractivity contribution in [3.63, 3.8) is 0 Å². The van der Waals surface area contributed by atoms with E-state index in [1.165, 1.54) is 0 Å². The average Bonchev–Trinajstić information content (AvgIpc) is 2.53. The summed E-state index contributed by atoms with van der Waals surface area (Å²) in [6, 6.07) is 5.60. The number of urea groups is 1. The van der Waals surface area contributed by atoms with E-state index in [-0.39, 0.29) is 6.03 Å². The van der Waals surface area contributed by atoms with E-state index in [2.05, 4.69) is 12.2 Å². The third-order valence-electron chi connectivity index (χ3n) is 4.00. The maximum absolute atomic E-state index is 12.2. The molecule has 0 bridgehead atoms. The Kier molecular flexibility index (Phi) is 5.31. The predicted octanol–water partition coefficient (Wildman–Crippen LogP) is 2.65. The Balaban J connectivity index is 1.91. The third kappa shape index (κ3) is 4.03. The monoisotopic (exact) mass is 292 g/mol. The molecule has 0 unspecified atom stereocenters. The van der Waals surface area contributed by atoms with Gasteiger partial charge in [0.05, 0.1) is 14.2 Å². The number of piperidine rings is 1. The molecular formula is C16H24N2O3. The van der Waals surface area contributed by atoms with Gasteiger partial charge in [-0.1, -0.05) is 6.92 Å². The fourth-order valence-electron chi connectivity index (χ4n) is 2.49. The van der Waals surface area contributed by atoms with Gasteiger partial charge in [-0.05, 0) is 30.9 Å². The van der Waals surface area contributed by atoms with Gasteiger partial charge in [-0.2, -0.15) is 0 Å². The lowest BCUT2D eigenvalue weighted by Crippen LogP contribution is -2.43. The van der Waals surface area contributed by atoms with Crippen LogP contribution in [0.5, 0.6) is 11.5 Å². The first-order chi connectivity index (χ1) is 10.1. The Morgan fingerprint density at radius 3 is 2.62 bits per heavy atom. The van der Waals surface area contributed by atoms with E-state index in [9.17, 15) is 4.79 Å². The topological polar surface area (TPSA) is 50.8 Å². The Bertz CT molecular complexity index is 482. The van der Waals surface area contributed by atoms with Crippen molar-refractivity contribution in [3.05, 3.63) is 23.8 Å². The first kappa shape index (κ1) is 15.5. The zero-order valence-electron chi connectivity index (χ0n) is 13.0. The molecule has 2 rings (SSSR count). The Hall–Kier alpha value is -1.91. The normalized spacial score (nSPS) is 15.7. The minimum atomic E-state index is -0.000212. The number of methoxy groups -OCH3 is 2. The van der Waals surface area contributed by atoms with E-state index in [0.29, 0.717) is 6.54 Å². The van der Waals surface area contributed by atoms with Crippen molar-refractivity contribution < 1.29 is 14.3 Å². The lowest BCUT2D eigenvalue weighted by molar-refractivity contribution is 0.173. The Labute approximate surface area is 126 Å². The summed E-state index contributed by atoms with van der Waals surface area (Å²) in [5.41, 5.74) is 0.942. The number of carbonyl (C=O) groups excluding carboxylic acids is 1. The SMILES string of the molecule is COc1ccc(CNC(=O)N2CCC(C)CC2)c(OC)c1. The van der Waals surface area contributed by atoms with Crippen LogP contribution < -0.4 is 14.8 Å². The molecule has 1 N–H and O–H groups in total. The van der Waals surface area contributed by atoms with Crippen LogP contribution in [0.4, 0.5) is 4.79 Å². The van der Waals surface area contributed by atoms with Crippen LogP contribution in [-0.2, 0) is 6.54 Å². The van der Waals surface area contributed by atoms with Crippen molar-refractivity contribution in [2.24, 2.45) is 5.92 Å². The summed E-state index contributed by atoms with van der Waals surface area (Å²) in [6.45, 7) is 4.37. The fraction of sp³-hybridized carbons (Fsp3) is 0.562. The molecular weight excluding hydrogens is 268 g/mol. The molecule has 0 atom stereocenters. The summed E-state index contributed by atoms with van der Waals surface area (Å²) in [5.74, 6) is 2.18. The first-order valence-corrected chi connectivity index (χ1v) is 7.37. The van der Waals surface area contributed by atoms with Crippen molar-refractivity contribution in [3.8, 4) is 11.5 Å². The van der Waals surface area contributed by atoms with E-state index in [1.54, 1.807) is 14.2 Å². The van der Waals surface area contributed by atoms with Crippen LogP contribution in [-0.4, -0.2) is 38.2 Å². The summed E-state index contributed by atoms with van der Waals surface area (Å²) in [4.78, 5) is 14.0. The highest BCUT2D eigenvalue weighted by molar-refractivity contribution is 5.74. The lowest BCUT2D eigenvalue weighted by atomic mass is 10.00. The van der Waals surface area contributed by atoms with Crippen molar-refractivity contribution in [2.75, 3.05) is 27.3 Å². The van der Waals surface area contributed by atoms with Gasteiger partial charge in [0.1, 0.15) is 11.5 Å². The largest absolute Gasteiger partial charge is 0.497 e. The zero-order valence-corrected chi connectivity index (χ0v) is 13.0. The highest BCUT2D eigenvalue weighted by Gasteiger charge is 2.20. The quantitative estimate of drug-likeness (QED) is 0.928. The van der Waals surface area contributed by atoms with Crippen molar-refractivity contribution in [1.82, 2.24) is 10.2 Å². The molecule has 0 spiro atoms. The number of hydrogen-bond donors (Lipinski definition) is 1. The van der Waals surface area contributed by atoms with Crippen LogP contribution in [0.15, 0.2) is 18.2 Å². The molecule has 1 fully saturated rings. The van der Waals surface area contributed by atoms with Crippen LogP contribution in [0.2, 0.25) is 0 Å². The van der Waals surface area contributed by atoms with E-state index in [1.807, 2.05) is 23.1 Å². The third-order valence-corrected chi connectivity index (χ3v) is 4.00. The molecule has 5 heteroatoms. The van der Waals surface area contributed by atoms with Gasteiger partial charge in [0.25, 0.3) is 0 Å². The smallest absolute Gasteiger partial charge is 0.317 e. The van der Waals surface area contributed by atoms with Gasteiger partial charge in [-0.3, -0.25) is 0 Å². The Morgan fingerprint density at radius 1 is 1.29 bits per heavy atom. The second-order valence-electron chi connectivity index (χ2n) is 5.51. The van der Waals surface area contributed by atoms with Gasteiger partial charge in [0.2, 0.25) is 0 Å². The highest BCUT2D eigenvalue weighted by atomic mass is 16.5. The number of benzene rings is 1. The summed E-state index contributed by atoms with van der Waals surface area (Å²) in [5, 5.41) is 2.96. The second kappa shape index (κ2) is 7.20. The summed E-state index contributed by atoms with van der Waals surface area (Å²) in [6.07, 6.45) is 2.17. The minimum absolute atomic E-state index is 0.000212. The number of carbonyl (C=O) groups is 1. The minimum Gasteiger partial charge on any atom is -0.497 e. The van der Waals surface area contributed by atoms with Crippen LogP contribution in [0.1, 0.15) is 25.3 Å². The molecule has 0 radical (unpaired) electrons. The number of ether oxygens (including phenoxy) is 2. The molecule has 116 valence electrons. The first-order valence-electron chi connectivity index (χ1n) is 7.37. The van der Waals surface area contributed by atoms with E-state index >= 15 is 0 Å². The van der Waals surface area contributed by atoms with Crippen molar-refractivity contribution >= 4 is 6.03 Å². The average molecular weight is 292 g/mol. The van der Waals surface area contributed by atoms with Crippen LogP contribution in [0.3, 0.4) is 0 Å². The van der Waals surface area contributed by atoms with Crippen LogP contribution >= 0.6 is 0 Å². The second-order valence-corrected chi connectivity index (χ2v) is 5.51. The van der Waals surface area contributed by atoms with Gasteiger partial charge >= 0.3 is 6.03 Å². The molecule has 5 nitrogen and oxygen atoms in total. The molecule has 2 amide bonds. The standard InChI is InChI=1S/C16H24N2O3/c1-12-6-8-18(9-7-12)16(19)17-11-13-4-5-14(20-2)10-15(13)21-3/h4-5,10,12H,6-9,11H2,1-3H3,(H,17,19). The number of amides is 2. The molecule has 1 aliphatic heterocycles. The van der Waals surface area contributed by atoms with Crippen molar-refractivity contribution in [2.45, 2.75) is 26.3 Å². The van der Waals surface area contributed by atoms with E-state index in [4.69, 9.17) is 9.47 Å². The maximum Gasteiger partial charge on any atom is 0.317 e. The Morgan fingerprint density at radius 2 is 2.00 bits per heavy atom. The maximum atomic E-state index is 12.2. The molecule has 1 aliphatic rings. The molecule has 0 aromatic heterocycles. The number of nitrogens with zero attached hydrogens (tertiary/aromatic N) is 1. The summed E-state index contributed by atoms with van der Waals surface area (Å²) in [7, 11) is 3.24. The number of nitrogens with one attached hydrogen (secondary N) is 1. The molecule has 1 heterocycles. The molecule has 1 aromatic rings. The van der Waals surface area contributed by atoms with Gasteiger partial charge in [-0.15, -0.1) is 0 Å². The number of hydrogen-bond acceptors (Lipinski definition) is 3. The zero-order chi connectivity index (χ0) is 15.2. The van der Waals surface area contributed by atoms with Crippen LogP contribution in [0.25, 0.3) is 0 Å². The van der Waals surface area contributed by atoms with Gasteiger partial charge in [0.15, 0.2) is 0 Å². The van der Waals surface area contributed by atoms with Gasteiger partial charge in [0, 0.05) is 31.3 Å². The van der Waals surface area contributed by atoms with Gasteiger partial charge in [-0.25, -0.2) is 4.79 Å². The molecule has 0 aliphatic carbocycles. The van der Waals surface area contributed by atoms with Crippen LogP contribution in [0, 0.1) is 5.92 Å². The molecule has 0 saturated carbocycles. The molecule has 1 aromatic carbocycles. The fourth-order valence-corrected chi connectivity index (χ4v) is 2.49. The van der Waals surface area contributed by atoms with E-state index in [0.717, 1.165) is 48.9 Å². The number of rotatable bonds is 4. The van der Waals surface area contributed by atoms with Gasteiger partial charge < -0.3 is 19.7 Å².